The molecule has 3 aromatic rings. The monoisotopic (exact) mass is 379 g/mol. The molecule has 2 aromatic carbocycles. The van der Waals surface area contributed by atoms with E-state index in [0.717, 1.165) is 28.6 Å². The summed E-state index contributed by atoms with van der Waals surface area (Å²) in [4.78, 5) is 17.3. The molecule has 1 aromatic heterocycles. The third-order valence-corrected chi connectivity index (χ3v) is 4.45. The van der Waals surface area contributed by atoms with Gasteiger partial charge in [-0.05, 0) is 49.0 Å². The minimum atomic E-state index is -0.392. The van der Waals surface area contributed by atoms with Gasteiger partial charge in [-0.2, -0.15) is 0 Å². The summed E-state index contributed by atoms with van der Waals surface area (Å²) < 4.78 is 11.2. The molecular weight excluding hydrogens is 354 g/mol. The van der Waals surface area contributed by atoms with Gasteiger partial charge in [0.25, 0.3) is 0 Å². The van der Waals surface area contributed by atoms with E-state index in [0.29, 0.717) is 12.4 Å². The van der Waals surface area contributed by atoms with E-state index in [2.05, 4.69) is 10.3 Å². The molecule has 6 nitrogen and oxygen atoms in total. The molecule has 0 fully saturated rings. The van der Waals surface area contributed by atoms with Crippen molar-refractivity contribution in [3.63, 3.8) is 0 Å². The third-order valence-electron chi connectivity index (χ3n) is 4.45. The van der Waals surface area contributed by atoms with E-state index in [1.807, 2.05) is 49.5 Å². The molecule has 0 radical (unpaired) electrons. The Morgan fingerprint density at radius 2 is 1.86 bits per heavy atom. The lowest BCUT2D eigenvalue weighted by atomic mass is 10.0. The first-order chi connectivity index (χ1) is 13.6. The molecule has 1 N–H and O–H groups in total. The minimum absolute atomic E-state index is 0.140. The van der Waals surface area contributed by atoms with Crippen LogP contribution in [-0.4, -0.2) is 43.7 Å². The van der Waals surface area contributed by atoms with E-state index in [-0.39, 0.29) is 6.04 Å². The normalized spacial score (nSPS) is 11.8. The molecule has 1 atom stereocenters. The second kappa shape index (κ2) is 9.19. The van der Waals surface area contributed by atoms with E-state index >= 15 is 0 Å². The second-order valence-corrected chi connectivity index (χ2v) is 6.67. The SMILES string of the molecule is CNC(CCOc1ccc2ncccc2c1)c1ccc(OC(=O)N(C)C)cc1. The Labute approximate surface area is 165 Å². The predicted octanol–water partition coefficient (Wildman–Crippen LogP) is 4.02. The van der Waals surface area contributed by atoms with Crippen LogP contribution in [-0.2, 0) is 0 Å². The van der Waals surface area contributed by atoms with Crippen LogP contribution in [0.2, 0.25) is 0 Å². The van der Waals surface area contributed by atoms with E-state index in [1.165, 1.54) is 4.90 Å². The quantitative estimate of drug-likeness (QED) is 0.672. The van der Waals surface area contributed by atoms with Gasteiger partial charge in [0.2, 0.25) is 0 Å². The van der Waals surface area contributed by atoms with Crippen molar-refractivity contribution in [2.24, 2.45) is 0 Å². The number of hydrogen-bond donors (Lipinski definition) is 1. The van der Waals surface area contributed by atoms with Crippen LogP contribution < -0.4 is 14.8 Å². The van der Waals surface area contributed by atoms with Crippen molar-refractivity contribution in [3.8, 4) is 11.5 Å². The number of aromatic nitrogens is 1. The molecule has 0 aliphatic rings. The maximum atomic E-state index is 11.6. The van der Waals surface area contributed by atoms with E-state index < -0.39 is 6.09 Å². The van der Waals surface area contributed by atoms with Crippen LogP contribution in [0.15, 0.2) is 60.8 Å². The fraction of sp³-hybridized carbons (Fsp3) is 0.273. The summed E-state index contributed by atoms with van der Waals surface area (Å²) >= 11 is 0. The number of nitrogens with one attached hydrogen (secondary N) is 1. The van der Waals surface area contributed by atoms with Crippen molar-refractivity contribution in [1.29, 1.82) is 0 Å². The van der Waals surface area contributed by atoms with Crippen molar-refractivity contribution in [1.82, 2.24) is 15.2 Å². The number of rotatable bonds is 7. The highest BCUT2D eigenvalue weighted by Crippen LogP contribution is 2.22. The van der Waals surface area contributed by atoms with Gasteiger partial charge in [-0.3, -0.25) is 4.98 Å². The summed E-state index contributed by atoms with van der Waals surface area (Å²) in [6.45, 7) is 0.578. The number of carbonyl (C=O) groups is 1. The Bertz CT molecular complexity index is 926. The molecule has 0 aliphatic heterocycles. The zero-order valence-corrected chi connectivity index (χ0v) is 16.4. The number of hydrogen-bond acceptors (Lipinski definition) is 5. The van der Waals surface area contributed by atoms with Crippen LogP contribution in [0, 0.1) is 0 Å². The molecule has 1 amide bonds. The van der Waals surface area contributed by atoms with Crippen LogP contribution in [0.25, 0.3) is 10.9 Å². The van der Waals surface area contributed by atoms with Gasteiger partial charge in [0, 0.05) is 38.1 Å². The average molecular weight is 379 g/mol. The Kier molecular flexibility index (Phi) is 6.45. The van der Waals surface area contributed by atoms with E-state index in [9.17, 15) is 4.79 Å². The fourth-order valence-corrected chi connectivity index (χ4v) is 2.88. The van der Waals surface area contributed by atoms with Crippen LogP contribution in [0.3, 0.4) is 0 Å². The second-order valence-electron chi connectivity index (χ2n) is 6.67. The van der Waals surface area contributed by atoms with Gasteiger partial charge in [-0.25, -0.2) is 4.79 Å². The van der Waals surface area contributed by atoms with Crippen molar-refractivity contribution < 1.29 is 14.3 Å². The topological polar surface area (TPSA) is 63.7 Å². The Balaban J connectivity index is 1.56. The third kappa shape index (κ3) is 4.98. The van der Waals surface area contributed by atoms with Crippen molar-refractivity contribution in [3.05, 3.63) is 66.4 Å². The van der Waals surface area contributed by atoms with Gasteiger partial charge in [0.05, 0.1) is 12.1 Å². The summed E-state index contributed by atoms with van der Waals surface area (Å²) in [5.74, 6) is 1.36. The molecule has 0 spiro atoms. The van der Waals surface area contributed by atoms with Gasteiger partial charge in [-0.15, -0.1) is 0 Å². The zero-order chi connectivity index (χ0) is 19.9. The fourth-order valence-electron chi connectivity index (χ4n) is 2.88. The number of ether oxygens (including phenoxy) is 2. The lowest BCUT2D eigenvalue weighted by Crippen LogP contribution is -2.25. The first kappa shape index (κ1) is 19.6. The lowest BCUT2D eigenvalue weighted by molar-refractivity contribution is 0.172. The van der Waals surface area contributed by atoms with Crippen LogP contribution in [0.5, 0.6) is 11.5 Å². The molecule has 1 unspecified atom stereocenters. The summed E-state index contributed by atoms with van der Waals surface area (Å²) in [5, 5.41) is 4.37. The van der Waals surface area contributed by atoms with Gasteiger partial charge in [0.15, 0.2) is 0 Å². The summed E-state index contributed by atoms with van der Waals surface area (Å²) in [6, 6.07) is 17.5. The molecule has 1 heterocycles. The number of nitrogens with zero attached hydrogens (tertiary/aromatic N) is 2. The number of amides is 1. The van der Waals surface area contributed by atoms with Gasteiger partial charge < -0.3 is 19.7 Å². The molecule has 146 valence electrons. The largest absolute Gasteiger partial charge is 0.494 e. The van der Waals surface area contributed by atoms with Crippen LogP contribution in [0.1, 0.15) is 18.0 Å². The van der Waals surface area contributed by atoms with Gasteiger partial charge in [0.1, 0.15) is 11.5 Å². The molecule has 0 aliphatic carbocycles. The van der Waals surface area contributed by atoms with Crippen molar-refractivity contribution in [2.45, 2.75) is 12.5 Å². The first-order valence-electron chi connectivity index (χ1n) is 9.21. The lowest BCUT2D eigenvalue weighted by Gasteiger charge is -2.18. The van der Waals surface area contributed by atoms with Crippen LogP contribution in [0.4, 0.5) is 4.79 Å². The molecule has 0 saturated heterocycles. The number of carbonyl (C=O) groups excluding carboxylic acids is 1. The van der Waals surface area contributed by atoms with Crippen molar-refractivity contribution >= 4 is 17.0 Å². The Morgan fingerprint density at radius 3 is 2.57 bits per heavy atom. The average Bonchev–Trinajstić information content (AvgIpc) is 2.72. The number of pyridine rings is 1. The maximum Gasteiger partial charge on any atom is 0.414 e. The van der Waals surface area contributed by atoms with E-state index in [1.54, 1.807) is 32.4 Å². The molecule has 28 heavy (non-hydrogen) atoms. The van der Waals surface area contributed by atoms with Crippen LogP contribution >= 0.6 is 0 Å². The van der Waals surface area contributed by atoms with Gasteiger partial charge >= 0.3 is 6.09 Å². The highest BCUT2D eigenvalue weighted by Gasteiger charge is 2.11. The molecule has 6 heteroatoms. The maximum absolute atomic E-state index is 11.6. The molecule has 0 bridgehead atoms. The number of benzene rings is 2. The minimum Gasteiger partial charge on any atom is -0.494 e. The summed E-state index contributed by atoms with van der Waals surface area (Å²) in [6.07, 6.45) is 2.20. The molecular formula is C22H25N3O3. The van der Waals surface area contributed by atoms with Crippen molar-refractivity contribution in [2.75, 3.05) is 27.7 Å². The number of fused-ring (bicyclic) bond motifs is 1. The highest BCUT2D eigenvalue weighted by molar-refractivity contribution is 5.79. The zero-order valence-electron chi connectivity index (χ0n) is 16.4. The van der Waals surface area contributed by atoms with Gasteiger partial charge in [-0.1, -0.05) is 18.2 Å². The standard InChI is InChI=1S/C22H25N3O3/c1-23-20(16-6-8-18(9-7-16)28-22(26)25(2)3)12-14-27-19-10-11-21-17(15-19)5-4-13-24-21/h4-11,13,15,20,23H,12,14H2,1-3H3. The first-order valence-corrected chi connectivity index (χ1v) is 9.21. The Hall–Kier alpha value is -3.12. The predicted molar refractivity (Wildman–Crippen MR) is 110 cm³/mol. The molecule has 0 saturated carbocycles. The highest BCUT2D eigenvalue weighted by atomic mass is 16.6. The smallest absolute Gasteiger partial charge is 0.414 e. The summed E-state index contributed by atoms with van der Waals surface area (Å²) in [5.41, 5.74) is 2.07. The van der Waals surface area contributed by atoms with E-state index in [4.69, 9.17) is 9.47 Å². The molecule has 3 rings (SSSR count). The summed E-state index contributed by atoms with van der Waals surface area (Å²) in [7, 11) is 5.23. The Morgan fingerprint density at radius 1 is 1.11 bits per heavy atom.